The van der Waals surface area contributed by atoms with E-state index in [1.54, 1.807) is 12.1 Å². The van der Waals surface area contributed by atoms with Crippen LogP contribution in [0.3, 0.4) is 0 Å². The molecule has 1 unspecified atom stereocenters. The van der Waals surface area contributed by atoms with Crippen molar-refractivity contribution in [2.75, 3.05) is 11.9 Å². The first-order valence-corrected chi connectivity index (χ1v) is 6.73. The second kappa shape index (κ2) is 5.72. The largest absolute Gasteiger partial charge is 0.394 e. The first-order chi connectivity index (χ1) is 9.03. The highest BCUT2D eigenvalue weighted by Crippen LogP contribution is 2.27. The summed E-state index contributed by atoms with van der Waals surface area (Å²) in [6.45, 7) is 1.78. The van der Waals surface area contributed by atoms with Gasteiger partial charge in [0.1, 0.15) is 5.82 Å². The average Bonchev–Trinajstić information content (AvgIpc) is 2.39. The van der Waals surface area contributed by atoms with Crippen LogP contribution in [0.25, 0.3) is 0 Å². The standard InChI is InChI=1S/C15H15BrFNO/c1-15(10-19,11-5-7-13(17)8-6-11)18-14-4-2-3-12(16)9-14/h2-9,18-19H,10H2,1H3. The van der Waals surface area contributed by atoms with E-state index in [-0.39, 0.29) is 12.4 Å². The predicted octanol–water partition coefficient (Wildman–Crippen LogP) is 3.91. The number of nitrogens with one attached hydrogen (secondary N) is 1. The third-order valence-electron chi connectivity index (χ3n) is 3.04. The van der Waals surface area contributed by atoms with Crippen molar-refractivity contribution in [1.29, 1.82) is 0 Å². The van der Waals surface area contributed by atoms with Gasteiger partial charge < -0.3 is 10.4 Å². The smallest absolute Gasteiger partial charge is 0.123 e. The summed E-state index contributed by atoms with van der Waals surface area (Å²) in [5.74, 6) is -0.286. The normalized spacial score (nSPS) is 13.9. The Balaban J connectivity index is 2.29. The summed E-state index contributed by atoms with van der Waals surface area (Å²) in [5.41, 5.74) is 1.06. The van der Waals surface area contributed by atoms with E-state index in [4.69, 9.17) is 0 Å². The van der Waals surface area contributed by atoms with Gasteiger partial charge in [-0.15, -0.1) is 0 Å². The van der Waals surface area contributed by atoms with Crippen molar-refractivity contribution in [3.63, 3.8) is 0 Å². The molecule has 0 amide bonds. The van der Waals surface area contributed by atoms with Gasteiger partial charge in [0.2, 0.25) is 0 Å². The zero-order chi connectivity index (χ0) is 13.9. The van der Waals surface area contributed by atoms with Crippen LogP contribution in [0, 0.1) is 5.82 Å². The molecule has 0 aliphatic rings. The average molecular weight is 324 g/mol. The lowest BCUT2D eigenvalue weighted by Gasteiger charge is -2.30. The number of benzene rings is 2. The lowest BCUT2D eigenvalue weighted by atomic mass is 9.92. The number of hydrogen-bond donors (Lipinski definition) is 2. The molecule has 4 heteroatoms. The van der Waals surface area contributed by atoms with E-state index in [0.29, 0.717) is 0 Å². The fourth-order valence-electron chi connectivity index (χ4n) is 1.91. The van der Waals surface area contributed by atoms with Gasteiger partial charge in [-0.3, -0.25) is 0 Å². The highest BCUT2D eigenvalue weighted by atomic mass is 79.9. The van der Waals surface area contributed by atoms with E-state index < -0.39 is 5.54 Å². The van der Waals surface area contributed by atoms with Crippen LogP contribution in [0.5, 0.6) is 0 Å². The summed E-state index contributed by atoms with van der Waals surface area (Å²) >= 11 is 3.41. The second-order valence-corrected chi connectivity index (χ2v) is 5.55. The van der Waals surface area contributed by atoms with E-state index >= 15 is 0 Å². The Morgan fingerprint density at radius 2 is 1.89 bits per heavy atom. The van der Waals surface area contributed by atoms with Gasteiger partial charge in [-0.25, -0.2) is 4.39 Å². The Hall–Kier alpha value is -1.39. The lowest BCUT2D eigenvalue weighted by molar-refractivity contribution is 0.224. The van der Waals surface area contributed by atoms with Crippen molar-refractivity contribution in [2.45, 2.75) is 12.5 Å². The molecule has 0 radical (unpaired) electrons. The molecule has 1 atom stereocenters. The number of aliphatic hydroxyl groups excluding tert-OH is 1. The summed E-state index contributed by atoms with van der Waals surface area (Å²) in [7, 11) is 0. The van der Waals surface area contributed by atoms with Gasteiger partial charge in [0.15, 0.2) is 0 Å². The maximum atomic E-state index is 13.0. The molecule has 0 saturated heterocycles. The van der Waals surface area contributed by atoms with Crippen LogP contribution in [-0.4, -0.2) is 11.7 Å². The number of anilines is 1. The summed E-state index contributed by atoms with van der Waals surface area (Å²) in [6.07, 6.45) is 0. The van der Waals surface area contributed by atoms with Crippen molar-refractivity contribution in [2.24, 2.45) is 0 Å². The molecule has 0 bridgehead atoms. The van der Waals surface area contributed by atoms with Crippen molar-refractivity contribution in [1.82, 2.24) is 0 Å². The van der Waals surface area contributed by atoms with E-state index in [9.17, 15) is 9.50 Å². The van der Waals surface area contributed by atoms with Crippen LogP contribution in [0.4, 0.5) is 10.1 Å². The topological polar surface area (TPSA) is 32.3 Å². The third-order valence-corrected chi connectivity index (χ3v) is 3.54. The van der Waals surface area contributed by atoms with Gasteiger partial charge in [0, 0.05) is 10.2 Å². The van der Waals surface area contributed by atoms with E-state index in [2.05, 4.69) is 21.2 Å². The molecule has 0 aromatic heterocycles. The van der Waals surface area contributed by atoms with Crippen LogP contribution < -0.4 is 5.32 Å². The molecule has 0 aliphatic carbocycles. The summed E-state index contributed by atoms with van der Waals surface area (Å²) in [4.78, 5) is 0. The monoisotopic (exact) mass is 323 g/mol. The number of halogens is 2. The minimum absolute atomic E-state index is 0.0921. The minimum Gasteiger partial charge on any atom is -0.394 e. The summed E-state index contributed by atoms with van der Waals surface area (Å²) in [5, 5.41) is 12.9. The van der Waals surface area contributed by atoms with E-state index in [1.807, 2.05) is 31.2 Å². The van der Waals surface area contributed by atoms with Crippen molar-refractivity contribution >= 4 is 21.6 Å². The molecule has 2 nitrogen and oxygen atoms in total. The molecule has 0 spiro atoms. The summed E-state index contributed by atoms with van der Waals surface area (Å²) < 4.78 is 13.9. The molecule has 2 N–H and O–H groups in total. The Morgan fingerprint density at radius 1 is 1.21 bits per heavy atom. The molecule has 19 heavy (non-hydrogen) atoms. The van der Waals surface area contributed by atoms with Crippen molar-refractivity contribution in [3.05, 3.63) is 64.4 Å². The molecular weight excluding hydrogens is 309 g/mol. The second-order valence-electron chi connectivity index (χ2n) is 4.63. The highest BCUT2D eigenvalue weighted by molar-refractivity contribution is 9.10. The Bertz CT molecular complexity index is 558. The summed E-state index contributed by atoms with van der Waals surface area (Å²) in [6, 6.07) is 13.8. The van der Waals surface area contributed by atoms with Gasteiger partial charge in [-0.2, -0.15) is 0 Å². The molecule has 0 fully saturated rings. The maximum Gasteiger partial charge on any atom is 0.123 e. The van der Waals surface area contributed by atoms with Gasteiger partial charge >= 0.3 is 0 Å². The van der Waals surface area contributed by atoms with E-state index in [1.165, 1.54) is 12.1 Å². The molecule has 100 valence electrons. The first-order valence-electron chi connectivity index (χ1n) is 5.94. The van der Waals surface area contributed by atoms with Crippen molar-refractivity contribution in [3.8, 4) is 0 Å². The molecule has 0 saturated carbocycles. The zero-order valence-corrected chi connectivity index (χ0v) is 12.1. The number of hydrogen-bond acceptors (Lipinski definition) is 2. The van der Waals surface area contributed by atoms with Crippen LogP contribution >= 0.6 is 15.9 Å². The van der Waals surface area contributed by atoms with Crippen molar-refractivity contribution < 1.29 is 9.50 Å². The number of aliphatic hydroxyl groups is 1. The quantitative estimate of drug-likeness (QED) is 0.894. The van der Waals surface area contributed by atoms with Gasteiger partial charge in [-0.05, 0) is 42.8 Å². The predicted molar refractivity (Wildman–Crippen MR) is 78.6 cm³/mol. The van der Waals surface area contributed by atoms with Crippen LogP contribution in [0.1, 0.15) is 12.5 Å². The molecular formula is C15H15BrFNO. The van der Waals surface area contributed by atoms with Gasteiger partial charge in [0.25, 0.3) is 0 Å². The van der Waals surface area contributed by atoms with Crippen LogP contribution in [0.2, 0.25) is 0 Å². The molecule has 0 heterocycles. The fourth-order valence-corrected chi connectivity index (χ4v) is 2.30. The number of rotatable bonds is 4. The molecule has 2 aromatic carbocycles. The van der Waals surface area contributed by atoms with Crippen LogP contribution in [0.15, 0.2) is 53.0 Å². The van der Waals surface area contributed by atoms with Crippen LogP contribution in [-0.2, 0) is 5.54 Å². The maximum absolute atomic E-state index is 13.0. The minimum atomic E-state index is -0.658. The Morgan fingerprint density at radius 3 is 2.47 bits per heavy atom. The van der Waals surface area contributed by atoms with Gasteiger partial charge in [-0.1, -0.05) is 34.1 Å². The molecule has 0 aliphatic heterocycles. The van der Waals surface area contributed by atoms with E-state index in [0.717, 1.165) is 15.7 Å². The lowest BCUT2D eigenvalue weighted by Crippen LogP contribution is -2.35. The first kappa shape index (κ1) is 14.0. The van der Waals surface area contributed by atoms with Gasteiger partial charge in [0.05, 0.1) is 12.1 Å². The Kier molecular flexibility index (Phi) is 4.22. The highest BCUT2D eigenvalue weighted by Gasteiger charge is 2.25. The Labute approximate surface area is 120 Å². The zero-order valence-electron chi connectivity index (χ0n) is 10.5. The SMILES string of the molecule is CC(CO)(Nc1cccc(Br)c1)c1ccc(F)cc1. The molecule has 2 rings (SSSR count). The molecule has 2 aromatic rings. The third kappa shape index (κ3) is 3.33. The fraction of sp³-hybridized carbons (Fsp3) is 0.200.